The highest BCUT2D eigenvalue weighted by Gasteiger charge is 2.15. The van der Waals surface area contributed by atoms with Gasteiger partial charge in [0.1, 0.15) is 11.6 Å². The highest BCUT2D eigenvalue weighted by atomic mass is 16.6. The molecule has 0 aliphatic carbocycles. The van der Waals surface area contributed by atoms with Crippen molar-refractivity contribution in [1.29, 1.82) is 0 Å². The van der Waals surface area contributed by atoms with Crippen molar-refractivity contribution in [1.82, 2.24) is 14.5 Å². The van der Waals surface area contributed by atoms with Crippen LogP contribution in [0.1, 0.15) is 31.2 Å². The zero-order valence-electron chi connectivity index (χ0n) is 13.4. The molecule has 1 aromatic carbocycles. The summed E-state index contributed by atoms with van der Waals surface area (Å²) >= 11 is 0. The number of rotatable bonds is 5. The van der Waals surface area contributed by atoms with E-state index in [0.717, 1.165) is 16.9 Å². The van der Waals surface area contributed by atoms with Crippen LogP contribution in [-0.2, 0) is 6.54 Å². The lowest BCUT2D eigenvalue weighted by Gasteiger charge is -2.12. The minimum absolute atomic E-state index is 0.175. The number of H-pyrrole nitrogens is 1. The molecule has 0 saturated carbocycles. The maximum Gasteiger partial charge on any atom is 0.707 e. The van der Waals surface area contributed by atoms with E-state index in [1.165, 1.54) is 6.07 Å². The Morgan fingerprint density at radius 1 is 1.21 bits per heavy atom. The third kappa shape index (κ3) is 3.34. The Balaban J connectivity index is 1.96. The Morgan fingerprint density at radius 3 is 2.54 bits per heavy atom. The fourth-order valence-corrected chi connectivity index (χ4v) is 2.64. The van der Waals surface area contributed by atoms with E-state index in [0.29, 0.717) is 17.9 Å². The van der Waals surface area contributed by atoms with E-state index < -0.39 is 7.32 Å². The van der Waals surface area contributed by atoms with Crippen molar-refractivity contribution < 1.29 is 14.7 Å². The highest BCUT2D eigenvalue weighted by Crippen LogP contribution is 2.22. The average molecular weight is 327 g/mol. The van der Waals surface area contributed by atoms with Crippen molar-refractivity contribution in [2.24, 2.45) is 0 Å². The predicted octanol–water partition coefficient (Wildman–Crippen LogP) is 1.24. The van der Waals surface area contributed by atoms with Gasteiger partial charge in [0.2, 0.25) is 5.56 Å². The van der Waals surface area contributed by atoms with E-state index in [9.17, 15) is 4.79 Å². The number of aromatic amines is 1. The molecule has 8 heteroatoms. The van der Waals surface area contributed by atoms with Crippen molar-refractivity contribution in [3.63, 3.8) is 0 Å². The minimum atomic E-state index is -1.84. The van der Waals surface area contributed by atoms with Crippen molar-refractivity contribution in [3.8, 4) is 5.75 Å². The van der Waals surface area contributed by atoms with E-state index >= 15 is 0 Å². The SMILES string of the molecule is CC(C)c1nc2[nH]c(=O)ccc2n1Cc1ccc(OB(O)O)cc1. The first kappa shape index (κ1) is 16.3. The molecule has 2 heterocycles. The second-order valence-corrected chi connectivity index (χ2v) is 5.86. The molecule has 2 aromatic heterocycles. The topological polar surface area (TPSA) is 100 Å². The summed E-state index contributed by atoms with van der Waals surface area (Å²) < 4.78 is 6.86. The normalized spacial score (nSPS) is 11.2. The monoisotopic (exact) mass is 327 g/mol. The van der Waals surface area contributed by atoms with Crippen LogP contribution < -0.4 is 10.2 Å². The summed E-state index contributed by atoms with van der Waals surface area (Å²) in [5.74, 6) is 1.46. The maximum absolute atomic E-state index is 11.5. The van der Waals surface area contributed by atoms with Crippen molar-refractivity contribution >= 4 is 18.5 Å². The van der Waals surface area contributed by atoms with Crippen LogP contribution in [0.25, 0.3) is 11.2 Å². The molecule has 0 aliphatic rings. The number of fused-ring (bicyclic) bond motifs is 1. The summed E-state index contributed by atoms with van der Waals surface area (Å²) in [7, 11) is -1.84. The second-order valence-electron chi connectivity index (χ2n) is 5.86. The number of hydrogen-bond donors (Lipinski definition) is 3. The van der Waals surface area contributed by atoms with Crippen LogP contribution in [0.3, 0.4) is 0 Å². The maximum atomic E-state index is 11.5. The third-order valence-electron chi connectivity index (χ3n) is 3.69. The zero-order chi connectivity index (χ0) is 17.3. The lowest BCUT2D eigenvalue weighted by Crippen LogP contribution is -2.20. The van der Waals surface area contributed by atoms with E-state index in [1.54, 1.807) is 18.2 Å². The largest absolute Gasteiger partial charge is 0.707 e. The van der Waals surface area contributed by atoms with E-state index in [4.69, 9.17) is 14.7 Å². The lowest BCUT2D eigenvalue weighted by molar-refractivity contribution is 0.288. The summed E-state index contributed by atoms with van der Waals surface area (Å²) in [6, 6.07) is 10.3. The molecule has 0 unspecified atom stereocenters. The number of imidazole rings is 1. The minimum Gasteiger partial charge on any atom is -0.512 e. The molecule has 24 heavy (non-hydrogen) atoms. The number of pyridine rings is 1. The first-order valence-electron chi connectivity index (χ1n) is 7.65. The predicted molar refractivity (Wildman–Crippen MR) is 90.8 cm³/mol. The van der Waals surface area contributed by atoms with Gasteiger partial charge in [-0.15, -0.1) is 0 Å². The second kappa shape index (κ2) is 6.50. The smallest absolute Gasteiger partial charge is 0.512 e. The Morgan fingerprint density at radius 2 is 1.92 bits per heavy atom. The van der Waals surface area contributed by atoms with Gasteiger partial charge in [-0.25, -0.2) is 4.98 Å². The molecular formula is C16H18BN3O4. The number of benzene rings is 1. The molecular weight excluding hydrogens is 309 g/mol. The Bertz CT molecular complexity index is 900. The van der Waals surface area contributed by atoms with Crippen LogP contribution in [0.5, 0.6) is 5.75 Å². The molecule has 124 valence electrons. The molecule has 0 spiro atoms. The third-order valence-corrected chi connectivity index (χ3v) is 3.69. The van der Waals surface area contributed by atoms with E-state index in [2.05, 4.69) is 28.4 Å². The summed E-state index contributed by atoms with van der Waals surface area (Å²) in [6.45, 7) is 4.68. The molecule has 0 atom stereocenters. The molecule has 7 nitrogen and oxygen atoms in total. The lowest BCUT2D eigenvalue weighted by atomic mass is 10.1. The Labute approximate surface area is 138 Å². The van der Waals surface area contributed by atoms with Gasteiger partial charge in [-0.1, -0.05) is 26.0 Å². The summed E-state index contributed by atoms with van der Waals surface area (Å²) in [5, 5.41) is 17.6. The fraction of sp³-hybridized carbons (Fsp3) is 0.250. The molecule has 3 aromatic rings. The van der Waals surface area contributed by atoms with Crippen LogP contribution >= 0.6 is 0 Å². The van der Waals surface area contributed by atoms with Crippen molar-refractivity contribution in [2.45, 2.75) is 26.3 Å². The van der Waals surface area contributed by atoms with Crippen LogP contribution in [0.15, 0.2) is 41.2 Å². The van der Waals surface area contributed by atoms with Gasteiger partial charge in [0, 0.05) is 18.5 Å². The highest BCUT2D eigenvalue weighted by molar-refractivity contribution is 6.33. The molecule has 0 bridgehead atoms. The Hall–Kier alpha value is -2.58. The van der Waals surface area contributed by atoms with Crippen LogP contribution in [0.4, 0.5) is 0 Å². The molecule has 0 radical (unpaired) electrons. The zero-order valence-corrected chi connectivity index (χ0v) is 13.4. The van der Waals surface area contributed by atoms with Crippen LogP contribution in [-0.4, -0.2) is 31.9 Å². The Kier molecular flexibility index (Phi) is 4.41. The molecule has 0 aliphatic heterocycles. The molecule has 0 saturated heterocycles. The van der Waals surface area contributed by atoms with Gasteiger partial charge >= 0.3 is 7.32 Å². The molecule has 0 fully saturated rings. The standard InChI is InChI=1S/C16H18BN3O4/c1-10(2)16-19-15-13(7-8-14(21)18-15)20(16)9-11-3-5-12(6-4-11)24-17(22)23/h3-8,10,22-23H,9H2,1-2H3,(H,18,21). The number of nitrogens with one attached hydrogen (secondary N) is 1. The van der Waals surface area contributed by atoms with Gasteiger partial charge in [0.05, 0.1) is 5.52 Å². The van der Waals surface area contributed by atoms with Gasteiger partial charge in [-0.05, 0) is 23.8 Å². The van der Waals surface area contributed by atoms with Gasteiger partial charge in [-0.3, -0.25) is 4.79 Å². The summed E-state index contributed by atoms with van der Waals surface area (Å²) in [5.41, 5.74) is 2.27. The molecule has 3 N–H and O–H groups in total. The van der Waals surface area contributed by atoms with Gasteiger partial charge in [0.15, 0.2) is 5.65 Å². The summed E-state index contributed by atoms with van der Waals surface area (Å²) in [4.78, 5) is 18.8. The van der Waals surface area contributed by atoms with Crippen molar-refractivity contribution in [2.75, 3.05) is 0 Å². The summed E-state index contributed by atoms with van der Waals surface area (Å²) in [6.07, 6.45) is 0. The number of hydrogen-bond acceptors (Lipinski definition) is 5. The molecule has 0 amide bonds. The van der Waals surface area contributed by atoms with E-state index in [1.807, 2.05) is 12.1 Å². The van der Waals surface area contributed by atoms with E-state index in [-0.39, 0.29) is 11.5 Å². The number of aromatic nitrogens is 3. The fourth-order valence-electron chi connectivity index (χ4n) is 2.64. The van der Waals surface area contributed by atoms with Gasteiger partial charge < -0.3 is 24.3 Å². The quantitative estimate of drug-likeness (QED) is 0.612. The van der Waals surface area contributed by atoms with Crippen molar-refractivity contribution in [3.05, 3.63) is 58.1 Å². The first-order valence-corrected chi connectivity index (χ1v) is 7.65. The van der Waals surface area contributed by atoms with Gasteiger partial charge in [-0.2, -0.15) is 0 Å². The molecule has 3 rings (SSSR count). The number of nitrogens with zero attached hydrogens (tertiary/aromatic N) is 2. The average Bonchev–Trinajstić information content (AvgIpc) is 2.86. The first-order chi connectivity index (χ1) is 11.4. The van der Waals surface area contributed by atoms with Crippen LogP contribution in [0, 0.1) is 0 Å². The van der Waals surface area contributed by atoms with Gasteiger partial charge in [0.25, 0.3) is 0 Å². The van der Waals surface area contributed by atoms with Crippen LogP contribution in [0.2, 0.25) is 0 Å².